The quantitative estimate of drug-likeness (QED) is 0.434. The molecule has 0 aromatic heterocycles. The fraction of sp³-hybridized carbons (Fsp3) is 0.320. The second kappa shape index (κ2) is 11.3. The number of amides is 1. The lowest BCUT2D eigenvalue weighted by atomic mass is 9.97. The van der Waals surface area contributed by atoms with Crippen LogP contribution in [0.15, 0.2) is 66.7 Å². The largest absolute Gasteiger partial charge is 0.488 e. The first kappa shape index (κ1) is 22.6. The van der Waals surface area contributed by atoms with Gasteiger partial charge in [-0.3, -0.25) is 5.32 Å². The molecule has 31 heavy (non-hydrogen) atoms. The topological polar surface area (TPSA) is 82.8 Å². The highest BCUT2D eigenvalue weighted by atomic mass is 16.6. The van der Waals surface area contributed by atoms with E-state index in [1.165, 1.54) is 0 Å². The monoisotopic (exact) mass is 422 g/mol. The Morgan fingerprint density at radius 2 is 1.71 bits per heavy atom. The van der Waals surface area contributed by atoms with E-state index in [0.717, 1.165) is 28.5 Å². The Morgan fingerprint density at radius 3 is 2.48 bits per heavy atom. The predicted molar refractivity (Wildman–Crippen MR) is 123 cm³/mol. The molecular weight excluding hydrogens is 392 g/mol. The molecule has 6 heteroatoms. The molecule has 0 saturated heterocycles. The zero-order valence-corrected chi connectivity index (χ0v) is 18.0. The zero-order chi connectivity index (χ0) is 22.1. The average Bonchev–Trinajstić information content (AvgIpc) is 2.79. The van der Waals surface area contributed by atoms with Gasteiger partial charge in [0.2, 0.25) is 0 Å². The lowest BCUT2D eigenvalue weighted by Gasteiger charge is -2.18. The fourth-order valence-corrected chi connectivity index (χ4v) is 3.32. The molecule has 3 rings (SSSR count). The number of rotatable bonds is 10. The van der Waals surface area contributed by atoms with Gasteiger partial charge in [0.1, 0.15) is 18.5 Å². The molecule has 1 amide bonds. The third kappa shape index (κ3) is 6.44. The van der Waals surface area contributed by atoms with Crippen LogP contribution in [0, 0.1) is 0 Å². The standard InChI is InChI=1S/C25H30N2O4/c1-3-23(26)21-12-7-13-22-20(21)11-8-14-24(22)31-18(2)17-29-15-16-30-25(28)27-19-9-5-4-6-10-19/h4-14,18,23H,3,15-17,26H2,1-2H3,(H,27,28). The van der Waals surface area contributed by atoms with Gasteiger partial charge in [-0.15, -0.1) is 0 Å². The highest BCUT2D eigenvalue weighted by Gasteiger charge is 2.12. The molecule has 0 heterocycles. The molecule has 0 radical (unpaired) electrons. The van der Waals surface area contributed by atoms with E-state index >= 15 is 0 Å². The maximum atomic E-state index is 11.7. The molecular formula is C25H30N2O4. The number of anilines is 1. The molecule has 164 valence electrons. The lowest BCUT2D eigenvalue weighted by molar-refractivity contribution is 0.0352. The molecule has 3 N–H and O–H groups in total. The first-order valence-corrected chi connectivity index (χ1v) is 10.6. The van der Waals surface area contributed by atoms with Crippen molar-refractivity contribution in [2.75, 3.05) is 25.1 Å². The molecule has 2 atom stereocenters. The molecule has 3 aromatic rings. The number of nitrogens with one attached hydrogen (secondary N) is 1. The molecule has 0 aliphatic carbocycles. The molecule has 3 aromatic carbocycles. The molecule has 6 nitrogen and oxygen atoms in total. The number of benzene rings is 3. The van der Waals surface area contributed by atoms with Gasteiger partial charge in [-0.25, -0.2) is 4.79 Å². The van der Waals surface area contributed by atoms with E-state index < -0.39 is 6.09 Å². The van der Waals surface area contributed by atoms with Crippen LogP contribution in [0.3, 0.4) is 0 Å². The van der Waals surface area contributed by atoms with Crippen LogP contribution in [0.1, 0.15) is 31.9 Å². The summed E-state index contributed by atoms with van der Waals surface area (Å²) in [6.45, 7) is 4.87. The summed E-state index contributed by atoms with van der Waals surface area (Å²) in [6.07, 6.45) is 0.211. The molecule has 0 bridgehead atoms. The minimum absolute atomic E-state index is 0.00111. The van der Waals surface area contributed by atoms with Crippen molar-refractivity contribution in [1.82, 2.24) is 0 Å². The number of ether oxygens (including phenoxy) is 3. The summed E-state index contributed by atoms with van der Waals surface area (Å²) in [7, 11) is 0. The maximum Gasteiger partial charge on any atom is 0.411 e. The van der Waals surface area contributed by atoms with Crippen molar-refractivity contribution in [3.8, 4) is 5.75 Å². The van der Waals surface area contributed by atoms with E-state index in [0.29, 0.717) is 18.9 Å². The van der Waals surface area contributed by atoms with Crippen molar-refractivity contribution in [2.45, 2.75) is 32.4 Å². The molecule has 0 spiro atoms. The van der Waals surface area contributed by atoms with Gasteiger partial charge < -0.3 is 19.9 Å². The third-order valence-electron chi connectivity index (χ3n) is 4.92. The Hall–Kier alpha value is -3.09. The number of hydrogen-bond donors (Lipinski definition) is 2. The molecule has 0 aliphatic heterocycles. The summed E-state index contributed by atoms with van der Waals surface area (Å²) in [5.74, 6) is 0.803. The van der Waals surface area contributed by atoms with Crippen molar-refractivity contribution in [3.05, 3.63) is 72.3 Å². The maximum absolute atomic E-state index is 11.7. The number of para-hydroxylation sites is 1. The summed E-state index contributed by atoms with van der Waals surface area (Å²) < 4.78 is 16.8. The van der Waals surface area contributed by atoms with E-state index in [1.54, 1.807) is 12.1 Å². The van der Waals surface area contributed by atoms with Crippen LogP contribution in [-0.2, 0) is 9.47 Å². The molecule has 2 unspecified atom stereocenters. The number of hydrogen-bond acceptors (Lipinski definition) is 5. The van der Waals surface area contributed by atoms with Gasteiger partial charge >= 0.3 is 6.09 Å². The molecule has 0 saturated carbocycles. The van der Waals surface area contributed by atoms with Gasteiger partial charge in [-0.2, -0.15) is 0 Å². The van der Waals surface area contributed by atoms with Crippen LogP contribution in [0.25, 0.3) is 10.8 Å². The summed E-state index contributed by atoms with van der Waals surface area (Å²) >= 11 is 0. The molecule has 0 aliphatic rings. The van der Waals surface area contributed by atoms with E-state index in [9.17, 15) is 4.79 Å². The summed E-state index contributed by atoms with van der Waals surface area (Å²) in [5.41, 5.74) is 8.08. The van der Waals surface area contributed by atoms with Crippen LogP contribution >= 0.6 is 0 Å². The Balaban J connectivity index is 1.45. The third-order valence-corrected chi connectivity index (χ3v) is 4.92. The van der Waals surface area contributed by atoms with Gasteiger partial charge in [0.25, 0.3) is 0 Å². The lowest BCUT2D eigenvalue weighted by Crippen LogP contribution is -2.22. The summed E-state index contributed by atoms with van der Waals surface area (Å²) in [6, 6.07) is 21.3. The first-order valence-electron chi connectivity index (χ1n) is 10.6. The summed E-state index contributed by atoms with van der Waals surface area (Å²) in [4.78, 5) is 11.7. The van der Waals surface area contributed by atoms with E-state index in [2.05, 4.69) is 24.4 Å². The van der Waals surface area contributed by atoms with Gasteiger partial charge in [0.15, 0.2) is 0 Å². The second-order valence-electron chi connectivity index (χ2n) is 7.34. The minimum atomic E-state index is -0.504. The SMILES string of the molecule is CCC(N)c1cccc2c(OC(C)COCCOC(=O)Nc3ccccc3)cccc12. The highest BCUT2D eigenvalue weighted by Crippen LogP contribution is 2.31. The van der Waals surface area contributed by atoms with E-state index in [4.69, 9.17) is 19.9 Å². The normalized spacial score (nSPS) is 12.9. The van der Waals surface area contributed by atoms with Crippen molar-refractivity contribution in [1.29, 1.82) is 0 Å². The van der Waals surface area contributed by atoms with Crippen molar-refractivity contribution in [2.24, 2.45) is 5.73 Å². The Labute approximate surface area is 183 Å². The smallest absolute Gasteiger partial charge is 0.411 e. The van der Waals surface area contributed by atoms with Crippen LogP contribution < -0.4 is 15.8 Å². The van der Waals surface area contributed by atoms with Crippen LogP contribution in [0.5, 0.6) is 5.75 Å². The number of nitrogens with two attached hydrogens (primary N) is 1. The average molecular weight is 423 g/mol. The van der Waals surface area contributed by atoms with E-state index in [-0.39, 0.29) is 18.8 Å². The summed E-state index contributed by atoms with van der Waals surface area (Å²) in [5, 5.41) is 4.81. The Bertz CT molecular complexity index is 978. The van der Waals surface area contributed by atoms with Gasteiger partial charge in [-0.05, 0) is 42.5 Å². The number of carbonyl (C=O) groups excluding carboxylic acids is 1. The fourth-order valence-electron chi connectivity index (χ4n) is 3.32. The van der Waals surface area contributed by atoms with Crippen LogP contribution in [-0.4, -0.2) is 32.0 Å². The van der Waals surface area contributed by atoms with E-state index in [1.807, 2.05) is 49.4 Å². The van der Waals surface area contributed by atoms with Crippen molar-refractivity contribution < 1.29 is 19.0 Å². The Morgan fingerprint density at radius 1 is 0.968 bits per heavy atom. The zero-order valence-electron chi connectivity index (χ0n) is 18.0. The first-order chi connectivity index (χ1) is 15.1. The minimum Gasteiger partial charge on any atom is -0.488 e. The van der Waals surface area contributed by atoms with Crippen molar-refractivity contribution in [3.63, 3.8) is 0 Å². The molecule has 0 fully saturated rings. The van der Waals surface area contributed by atoms with Gasteiger partial charge in [0.05, 0.1) is 13.2 Å². The van der Waals surface area contributed by atoms with Gasteiger partial charge in [0, 0.05) is 17.1 Å². The predicted octanol–water partition coefficient (Wildman–Crippen LogP) is 5.28. The second-order valence-corrected chi connectivity index (χ2v) is 7.34. The Kier molecular flexibility index (Phi) is 8.27. The van der Waals surface area contributed by atoms with Gasteiger partial charge in [-0.1, -0.05) is 55.5 Å². The number of carbonyl (C=O) groups is 1. The van der Waals surface area contributed by atoms with Crippen LogP contribution in [0.4, 0.5) is 10.5 Å². The number of fused-ring (bicyclic) bond motifs is 1. The van der Waals surface area contributed by atoms with Crippen LogP contribution in [0.2, 0.25) is 0 Å². The highest BCUT2D eigenvalue weighted by molar-refractivity contribution is 5.91. The van der Waals surface area contributed by atoms with Crippen molar-refractivity contribution >= 4 is 22.6 Å².